The Balaban J connectivity index is 2.02. The molecule has 4 heteroatoms. The van der Waals surface area contributed by atoms with Gasteiger partial charge in [0.2, 0.25) is 0 Å². The monoisotopic (exact) mass is 436 g/mol. The molecule has 2 aromatic rings. The number of hydrogen-bond acceptors (Lipinski definition) is 2. The summed E-state index contributed by atoms with van der Waals surface area (Å²) in [7, 11) is 0. The third-order valence-electron chi connectivity index (χ3n) is 2.00. The van der Waals surface area contributed by atoms with Gasteiger partial charge in [0.15, 0.2) is 0 Å². The van der Waals surface area contributed by atoms with Crippen molar-refractivity contribution >= 4 is 56.6 Å². The molecule has 0 fully saturated rings. The standard InChI is InChI=1S/C12H10I2N2/c13-9-3-1-5-11(7-9)15-16-12-6-2-4-10(14)8-12/h1-8,15-16H. The summed E-state index contributed by atoms with van der Waals surface area (Å²) in [6.07, 6.45) is 0. The lowest BCUT2D eigenvalue weighted by molar-refractivity contribution is 1.40. The number of rotatable bonds is 3. The highest BCUT2D eigenvalue weighted by molar-refractivity contribution is 14.1. The Bertz CT molecular complexity index is 440. The van der Waals surface area contributed by atoms with E-state index in [1.807, 2.05) is 24.3 Å². The van der Waals surface area contributed by atoms with Crippen LogP contribution in [0.3, 0.4) is 0 Å². The Kier molecular flexibility index (Phi) is 4.28. The van der Waals surface area contributed by atoms with Crippen LogP contribution < -0.4 is 10.9 Å². The maximum Gasteiger partial charge on any atom is 0.0550 e. The molecule has 2 nitrogen and oxygen atoms in total. The van der Waals surface area contributed by atoms with E-state index in [2.05, 4.69) is 80.3 Å². The zero-order valence-electron chi connectivity index (χ0n) is 8.37. The predicted octanol–water partition coefficient (Wildman–Crippen LogP) is 4.33. The van der Waals surface area contributed by atoms with Gasteiger partial charge in [-0.15, -0.1) is 0 Å². The summed E-state index contributed by atoms with van der Waals surface area (Å²) in [5, 5.41) is 0. The smallest absolute Gasteiger partial charge is 0.0550 e. The maximum atomic E-state index is 3.17. The summed E-state index contributed by atoms with van der Waals surface area (Å²) in [6.45, 7) is 0. The molecule has 0 radical (unpaired) electrons. The molecular weight excluding hydrogens is 426 g/mol. The molecule has 82 valence electrons. The summed E-state index contributed by atoms with van der Waals surface area (Å²) in [5.74, 6) is 0. The third-order valence-corrected chi connectivity index (χ3v) is 3.34. The minimum Gasteiger partial charge on any atom is -0.301 e. The van der Waals surface area contributed by atoms with Crippen LogP contribution in [-0.2, 0) is 0 Å². The minimum atomic E-state index is 1.06. The average molecular weight is 436 g/mol. The van der Waals surface area contributed by atoms with E-state index in [4.69, 9.17) is 0 Å². The van der Waals surface area contributed by atoms with Crippen molar-refractivity contribution in [3.63, 3.8) is 0 Å². The molecule has 0 aliphatic carbocycles. The van der Waals surface area contributed by atoms with Crippen molar-refractivity contribution in [2.24, 2.45) is 0 Å². The van der Waals surface area contributed by atoms with Crippen molar-refractivity contribution in [2.45, 2.75) is 0 Å². The second-order valence-corrected chi connectivity index (χ2v) is 5.76. The lowest BCUT2D eigenvalue weighted by Crippen LogP contribution is -2.08. The molecule has 0 saturated heterocycles. The van der Waals surface area contributed by atoms with E-state index in [1.165, 1.54) is 7.14 Å². The second-order valence-electron chi connectivity index (χ2n) is 3.27. The molecule has 0 aliphatic rings. The number of halogens is 2. The molecule has 0 heterocycles. The van der Waals surface area contributed by atoms with E-state index < -0.39 is 0 Å². The van der Waals surface area contributed by atoms with Gasteiger partial charge in [-0.05, 0) is 81.6 Å². The molecule has 2 N–H and O–H groups in total. The number of hydrazine groups is 1. The molecule has 2 aromatic carbocycles. The molecule has 0 saturated carbocycles. The molecule has 0 aliphatic heterocycles. The fraction of sp³-hybridized carbons (Fsp3) is 0. The van der Waals surface area contributed by atoms with Gasteiger partial charge in [-0.3, -0.25) is 0 Å². The second kappa shape index (κ2) is 5.72. The summed E-state index contributed by atoms with van der Waals surface area (Å²) >= 11 is 4.59. The quantitative estimate of drug-likeness (QED) is 0.553. The number of benzene rings is 2. The van der Waals surface area contributed by atoms with Gasteiger partial charge in [0.05, 0.1) is 11.4 Å². The Morgan fingerprint density at radius 2 is 1.12 bits per heavy atom. The van der Waals surface area contributed by atoms with E-state index in [0.717, 1.165) is 11.4 Å². The van der Waals surface area contributed by atoms with Crippen LogP contribution in [0, 0.1) is 7.14 Å². The Morgan fingerprint density at radius 1 is 0.688 bits per heavy atom. The maximum absolute atomic E-state index is 3.17. The molecule has 0 aromatic heterocycles. The van der Waals surface area contributed by atoms with E-state index in [-0.39, 0.29) is 0 Å². The molecule has 2 rings (SSSR count). The van der Waals surface area contributed by atoms with Crippen LogP contribution in [0.1, 0.15) is 0 Å². The molecule has 0 unspecified atom stereocenters. The molecule has 0 spiro atoms. The first-order valence-electron chi connectivity index (χ1n) is 4.77. The van der Waals surface area contributed by atoms with E-state index >= 15 is 0 Å². The van der Waals surface area contributed by atoms with Crippen LogP contribution in [0.25, 0.3) is 0 Å². The van der Waals surface area contributed by atoms with Crippen LogP contribution in [0.4, 0.5) is 11.4 Å². The van der Waals surface area contributed by atoms with Crippen LogP contribution in [0.5, 0.6) is 0 Å². The van der Waals surface area contributed by atoms with Crippen LogP contribution in [0.15, 0.2) is 48.5 Å². The topological polar surface area (TPSA) is 24.1 Å². The fourth-order valence-corrected chi connectivity index (χ4v) is 2.36. The lowest BCUT2D eigenvalue weighted by atomic mass is 10.3. The van der Waals surface area contributed by atoms with Gasteiger partial charge in [-0.25, -0.2) is 0 Å². The van der Waals surface area contributed by atoms with Crippen molar-refractivity contribution in [3.05, 3.63) is 55.7 Å². The first kappa shape index (κ1) is 12.0. The Labute approximate surface area is 122 Å². The largest absolute Gasteiger partial charge is 0.301 e. The summed E-state index contributed by atoms with van der Waals surface area (Å²) in [4.78, 5) is 0. The molecule has 0 amide bonds. The van der Waals surface area contributed by atoms with E-state index in [1.54, 1.807) is 0 Å². The summed E-state index contributed by atoms with van der Waals surface area (Å²) in [6, 6.07) is 16.4. The first-order chi connectivity index (χ1) is 7.74. The SMILES string of the molecule is Ic1cccc(NNc2cccc(I)c2)c1. The van der Waals surface area contributed by atoms with Crippen molar-refractivity contribution in [3.8, 4) is 0 Å². The molecule has 0 bridgehead atoms. The predicted molar refractivity (Wildman–Crippen MR) is 85.6 cm³/mol. The summed E-state index contributed by atoms with van der Waals surface area (Å²) < 4.78 is 2.43. The van der Waals surface area contributed by atoms with Gasteiger partial charge < -0.3 is 10.9 Å². The normalized spacial score (nSPS) is 9.88. The highest BCUT2D eigenvalue weighted by Gasteiger charge is 1.94. The highest BCUT2D eigenvalue weighted by Crippen LogP contribution is 2.15. The zero-order valence-corrected chi connectivity index (χ0v) is 12.7. The van der Waals surface area contributed by atoms with Crippen LogP contribution in [-0.4, -0.2) is 0 Å². The number of anilines is 2. The fourth-order valence-electron chi connectivity index (χ4n) is 1.28. The van der Waals surface area contributed by atoms with Crippen molar-refractivity contribution in [1.82, 2.24) is 0 Å². The molecular formula is C12H10I2N2. The minimum absolute atomic E-state index is 1.06. The van der Waals surface area contributed by atoms with E-state index in [9.17, 15) is 0 Å². The lowest BCUT2D eigenvalue weighted by Gasteiger charge is -2.10. The van der Waals surface area contributed by atoms with Crippen LogP contribution >= 0.6 is 45.2 Å². The van der Waals surface area contributed by atoms with Gasteiger partial charge in [0.1, 0.15) is 0 Å². The van der Waals surface area contributed by atoms with E-state index in [0.29, 0.717) is 0 Å². The van der Waals surface area contributed by atoms with Gasteiger partial charge in [0, 0.05) is 7.14 Å². The molecule has 0 atom stereocenters. The highest BCUT2D eigenvalue weighted by atomic mass is 127. The van der Waals surface area contributed by atoms with Crippen molar-refractivity contribution < 1.29 is 0 Å². The Hall–Kier alpha value is -0.500. The summed E-state index contributed by atoms with van der Waals surface area (Å²) in [5.41, 5.74) is 8.46. The third kappa shape index (κ3) is 3.51. The van der Waals surface area contributed by atoms with Crippen LogP contribution in [0.2, 0.25) is 0 Å². The molecule has 16 heavy (non-hydrogen) atoms. The van der Waals surface area contributed by atoms with Gasteiger partial charge in [0.25, 0.3) is 0 Å². The van der Waals surface area contributed by atoms with Crippen molar-refractivity contribution in [2.75, 3.05) is 10.9 Å². The number of hydrogen-bond donors (Lipinski definition) is 2. The van der Waals surface area contributed by atoms with Gasteiger partial charge >= 0.3 is 0 Å². The van der Waals surface area contributed by atoms with Gasteiger partial charge in [-0.1, -0.05) is 12.1 Å². The zero-order chi connectivity index (χ0) is 11.4. The van der Waals surface area contributed by atoms with Crippen molar-refractivity contribution in [1.29, 1.82) is 0 Å². The average Bonchev–Trinajstić information content (AvgIpc) is 2.27. The van der Waals surface area contributed by atoms with Gasteiger partial charge in [-0.2, -0.15) is 0 Å². The Morgan fingerprint density at radius 3 is 1.50 bits per heavy atom. The number of nitrogens with one attached hydrogen (secondary N) is 2. The first-order valence-corrected chi connectivity index (χ1v) is 6.93.